The standard InChI is InChI=1S/C24H24FNO3/c1-14-12-24(28)22(16(3)29-23(24)27)19(15(14)2)11-10-18-9-8-17(13-26-18)20-6-4-5-7-21(20)25/h4-9,13-16,19,22,28H,12H2,1-3H3/t14-,15+,16+,19-,22-,24-/m0/s1. The quantitative estimate of drug-likeness (QED) is 0.591. The number of rotatable bonds is 1. The Bertz CT molecular complexity index is 993. The highest BCUT2D eigenvalue weighted by Crippen LogP contribution is 2.50. The van der Waals surface area contributed by atoms with Gasteiger partial charge in [-0.2, -0.15) is 0 Å². The van der Waals surface area contributed by atoms with Crippen molar-refractivity contribution in [3.05, 3.63) is 54.1 Å². The molecule has 2 aliphatic rings. The summed E-state index contributed by atoms with van der Waals surface area (Å²) in [5.74, 6) is 5.34. The molecule has 5 heteroatoms. The zero-order valence-corrected chi connectivity index (χ0v) is 16.7. The van der Waals surface area contributed by atoms with Crippen molar-refractivity contribution < 1.29 is 19.0 Å². The maximum atomic E-state index is 14.0. The minimum absolute atomic E-state index is 0.143. The van der Waals surface area contributed by atoms with Crippen LogP contribution in [0.5, 0.6) is 0 Å². The number of nitrogens with zero attached hydrogens (tertiary/aromatic N) is 1. The van der Waals surface area contributed by atoms with Gasteiger partial charge in [-0.15, -0.1) is 0 Å². The molecule has 0 amide bonds. The van der Waals surface area contributed by atoms with Gasteiger partial charge in [0.05, 0.1) is 0 Å². The molecule has 2 fully saturated rings. The largest absolute Gasteiger partial charge is 0.460 e. The zero-order valence-electron chi connectivity index (χ0n) is 16.7. The molecular formula is C24H24FNO3. The number of pyridine rings is 1. The molecule has 150 valence electrons. The number of esters is 1. The van der Waals surface area contributed by atoms with E-state index in [4.69, 9.17) is 4.74 Å². The van der Waals surface area contributed by atoms with Crippen molar-refractivity contribution in [2.75, 3.05) is 0 Å². The third kappa shape index (κ3) is 3.32. The Morgan fingerprint density at radius 1 is 1.21 bits per heavy atom. The molecule has 1 aliphatic heterocycles. The van der Waals surface area contributed by atoms with Gasteiger partial charge in [0, 0.05) is 29.2 Å². The van der Waals surface area contributed by atoms with E-state index in [1.54, 1.807) is 36.5 Å². The number of carbonyl (C=O) groups excluding carboxylic acids is 1. The van der Waals surface area contributed by atoms with Gasteiger partial charge in [-0.1, -0.05) is 38.0 Å². The number of aliphatic hydroxyl groups is 1. The summed E-state index contributed by atoms with van der Waals surface area (Å²) in [7, 11) is 0. The first kappa shape index (κ1) is 19.6. The first-order valence-corrected chi connectivity index (χ1v) is 9.97. The van der Waals surface area contributed by atoms with Crippen LogP contribution in [0.3, 0.4) is 0 Å². The van der Waals surface area contributed by atoms with Crippen molar-refractivity contribution >= 4 is 5.97 Å². The molecule has 0 spiro atoms. The fraction of sp³-hybridized carbons (Fsp3) is 0.417. The number of fused-ring (bicyclic) bond motifs is 1. The van der Waals surface area contributed by atoms with Crippen molar-refractivity contribution in [1.29, 1.82) is 0 Å². The summed E-state index contributed by atoms with van der Waals surface area (Å²) < 4.78 is 19.3. The Balaban J connectivity index is 1.62. The Morgan fingerprint density at radius 3 is 2.66 bits per heavy atom. The third-order valence-electron chi connectivity index (χ3n) is 6.50. The Hall–Kier alpha value is -2.71. The lowest BCUT2D eigenvalue weighted by atomic mass is 9.60. The Labute approximate surface area is 170 Å². The maximum Gasteiger partial charge on any atom is 0.338 e. The molecule has 2 aromatic rings. The summed E-state index contributed by atoms with van der Waals surface area (Å²) in [6, 6.07) is 10.1. The van der Waals surface area contributed by atoms with Gasteiger partial charge in [0.2, 0.25) is 0 Å². The Morgan fingerprint density at radius 2 is 1.97 bits per heavy atom. The minimum atomic E-state index is -1.47. The van der Waals surface area contributed by atoms with Crippen LogP contribution in [-0.2, 0) is 9.53 Å². The first-order chi connectivity index (χ1) is 13.8. The van der Waals surface area contributed by atoms with Crippen LogP contribution in [0.15, 0.2) is 42.6 Å². The van der Waals surface area contributed by atoms with Crippen molar-refractivity contribution in [3.63, 3.8) is 0 Å². The monoisotopic (exact) mass is 393 g/mol. The summed E-state index contributed by atoms with van der Waals surface area (Å²) >= 11 is 0. The fourth-order valence-corrected chi connectivity index (χ4v) is 4.74. The number of benzene rings is 1. The molecule has 4 rings (SSSR count). The molecule has 29 heavy (non-hydrogen) atoms. The molecule has 1 aromatic carbocycles. The van der Waals surface area contributed by atoms with E-state index in [1.165, 1.54) is 6.07 Å². The minimum Gasteiger partial charge on any atom is -0.460 e. The van der Waals surface area contributed by atoms with Crippen molar-refractivity contribution in [3.8, 4) is 23.0 Å². The molecule has 4 nitrogen and oxygen atoms in total. The molecule has 1 aliphatic carbocycles. The smallest absolute Gasteiger partial charge is 0.338 e. The van der Waals surface area contributed by atoms with E-state index in [1.807, 2.05) is 13.8 Å². The van der Waals surface area contributed by atoms with Crippen LogP contribution in [-0.4, -0.2) is 27.8 Å². The number of halogens is 1. The summed E-state index contributed by atoms with van der Waals surface area (Å²) in [4.78, 5) is 16.6. The van der Waals surface area contributed by atoms with E-state index in [0.29, 0.717) is 23.2 Å². The highest BCUT2D eigenvalue weighted by molar-refractivity contribution is 5.82. The second-order valence-corrected chi connectivity index (χ2v) is 8.31. The summed E-state index contributed by atoms with van der Waals surface area (Å²) in [5, 5.41) is 11.0. The number of cyclic esters (lactones) is 1. The molecule has 1 aromatic heterocycles. The third-order valence-corrected chi connectivity index (χ3v) is 6.50. The van der Waals surface area contributed by atoms with Gasteiger partial charge in [0.1, 0.15) is 17.6 Å². The average Bonchev–Trinajstić information content (AvgIpc) is 2.92. The lowest BCUT2D eigenvalue weighted by Crippen LogP contribution is -2.53. The van der Waals surface area contributed by atoms with Gasteiger partial charge in [-0.25, -0.2) is 14.2 Å². The van der Waals surface area contributed by atoms with Gasteiger partial charge in [0.15, 0.2) is 5.60 Å². The summed E-state index contributed by atoms with van der Waals surface area (Å²) in [6.45, 7) is 5.96. The molecule has 0 unspecified atom stereocenters. The number of ether oxygens (including phenoxy) is 1. The molecule has 1 saturated heterocycles. The van der Waals surface area contributed by atoms with Gasteiger partial charge in [-0.05, 0) is 49.3 Å². The number of carbonyl (C=O) groups is 1. The lowest BCUT2D eigenvalue weighted by Gasteiger charge is -2.43. The van der Waals surface area contributed by atoms with Crippen molar-refractivity contribution in [1.82, 2.24) is 4.98 Å². The van der Waals surface area contributed by atoms with Crippen LogP contribution in [0.4, 0.5) is 4.39 Å². The van der Waals surface area contributed by atoms with Crippen molar-refractivity contribution in [2.24, 2.45) is 23.7 Å². The number of hydrogen-bond donors (Lipinski definition) is 1. The van der Waals surface area contributed by atoms with Crippen LogP contribution in [0, 0.1) is 41.3 Å². The molecule has 1 N–H and O–H groups in total. The summed E-state index contributed by atoms with van der Waals surface area (Å²) in [5.41, 5.74) is 0.282. The summed E-state index contributed by atoms with van der Waals surface area (Å²) in [6.07, 6.45) is 1.63. The molecule has 0 bridgehead atoms. The first-order valence-electron chi connectivity index (χ1n) is 9.97. The van der Waals surface area contributed by atoms with E-state index < -0.39 is 11.6 Å². The SMILES string of the molecule is C[C@H]1[C@H](C#Cc2ccc(-c3ccccc3F)cn2)[C@@H]2[C@@H](C)OC(=O)[C@]2(O)C[C@@H]1C. The lowest BCUT2D eigenvalue weighted by molar-refractivity contribution is -0.160. The van der Waals surface area contributed by atoms with E-state index in [-0.39, 0.29) is 35.6 Å². The van der Waals surface area contributed by atoms with Gasteiger partial charge in [-0.3, -0.25) is 0 Å². The van der Waals surface area contributed by atoms with E-state index in [0.717, 1.165) is 0 Å². The second-order valence-electron chi connectivity index (χ2n) is 8.31. The fourth-order valence-electron chi connectivity index (χ4n) is 4.74. The van der Waals surface area contributed by atoms with Crippen LogP contribution in [0.2, 0.25) is 0 Å². The predicted octanol–water partition coefficient (Wildman–Crippen LogP) is 3.82. The maximum absolute atomic E-state index is 14.0. The van der Waals surface area contributed by atoms with Crippen molar-refractivity contribution in [2.45, 2.75) is 38.9 Å². The Kier molecular flexibility index (Phi) is 4.92. The van der Waals surface area contributed by atoms with E-state index in [9.17, 15) is 14.3 Å². The normalized spacial score (nSPS) is 33.4. The zero-order chi connectivity index (χ0) is 20.8. The predicted molar refractivity (Wildman–Crippen MR) is 107 cm³/mol. The van der Waals surface area contributed by atoms with Crippen LogP contribution in [0.1, 0.15) is 32.9 Å². The van der Waals surface area contributed by atoms with E-state index >= 15 is 0 Å². The van der Waals surface area contributed by atoms with Gasteiger partial charge in [0.25, 0.3) is 0 Å². The van der Waals surface area contributed by atoms with E-state index in [2.05, 4.69) is 23.7 Å². The van der Waals surface area contributed by atoms with Crippen LogP contribution < -0.4 is 0 Å². The topological polar surface area (TPSA) is 59.4 Å². The highest BCUT2D eigenvalue weighted by Gasteiger charge is 2.62. The molecular weight excluding hydrogens is 369 g/mol. The molecule has 0 radical (unpaired) electrons. The van der Waals surface area contributed by atoms with Crippen LogP contribution in [0.25, 0.3) is 11.1 Å². The highest BCUT2D eigenvalue weighted by atomic mass is 19.1. The molecule has 2 heterocycles. The van der Waals surface area contributed by atoms with Gasteiger partial charge < -0.3 is 9.84 Å². The van der Waals surface area contributed by atoms with Crippen LogP contribution >= 0.6 is 0 Å². The molecule has 6 atom stereocenters. The number of hydrogen-bond acceptors (Lipinski definition) is 4. The van der Waals surface area contributed by atoms with Gasteiger partial charge >= 0.3 is 5.97 Å². The molecule has 1 saturated carbocycles. The number of aromatic nitrogens is 1. The second kappa shape index (κ2) is 7.27. The average molecular weight is 393 g/mol.